The summed E-state index contributed by atoms with van der Waals surface area (Å²) in [7, 11) is 1.52. The van der Waals surface area contributed by atoms with E-state index < -0.39 is 6.61 Å². The molecule has 2 aromatic rings. The molecule has 1 heterocycles. The number of aromatic nitrogens is 1. The molecule has 1 amide bonds. The van der Waals surface area contributed by atoms with Crippen LogP contribution in [0.25, 0.3) is 10.6 Å². The largest absolute Gasteiger partial charge is 0.433 e. The number of carbonyl (C=O) groups is 1. The SMILES string of the molecule is CNC(=O)c1sc(-c2ccc(OC(F)F)c(C#N)c2)nc1C. The Morgan fingerprint density at radius 1 is 1.50 bits per heavy atom. The van der Waals surface area contributed by atoms with E-state index in [0.29, 0.717) is 21.1 Å². The Labute approximate surface area is 129 Å². The summed E-state index contributed by atoms with van der Waals surface area (Å²) in [5.74, 6) is -0.444. The number of nitrogens with zero attached hydrogens (tertiary/aromatic N) is 2. The van der Waals surface area contributed by atoms with Crippen molar-refractivity contribution in [2.45, 2.75) is 13.5 Å². The molecule has 0 aliphatic heterocycles. The number of nitriles is 1. The molecule has 0 atom stereocenters. The van der Waals surface area contributed by atoms with Crippen LogP contribution in [0.2, 0.25) is 0 Å². The van der Waals surface area contributed by atoms with Crippen molar-refractivity contribution in [1.29, 1.82) is 5.26 Å². The number of thiazole rings is 1. The molecule has 0 aliphatic rings. The lowest BCUT2D eigenvalue weighted by atomic mass is 10.1. The van der Waals surface area contributed by atoms with Crippen molar-refractivity contribution < 1.29 is 18.3 Å². The highest BCUT2D eigenvalue weighted by atomic mass is 32.1. The number of ether oxygens (including phenoxy) is 1. The first-order valence-electron chi connectivity index (χ1n) is 6.15. The van der Waals surface area contributed by atoms with Gasteiger partial charge in [-0.25, -0.2) is 4.98 Å². The van der Waals surface area contributed by atoms with Crippen LogP contribution in [0.15, 0.2) is 18.2 Å². The van der Waals surface area contributed by atoms with Crippen molar-refractivity contribution in [2.75, 3.05) is 7.05 Å². The molecule has 0 unspecified atom stereocenters. The van der Waals surface area contributed by atoms with Crippen LogP contribution in [0.1, 0.15) is 20.9 Å². The normalized spacial score (nSPS) is 10.4. The molecule has 0 saturated carbocycles. The Bertz CT molecular complexity index is 753. The van der Waals surface area contributed by atoms with Crippen molar-refractivity contribution in [3.63, 3.8) is 0 Å². The third-order valence-corrected chi connectivity index (χ3v) is 4.00. The van der Waals surface area contributed by atoms with Crippen molar-refractivity contribution in [1.82, 2.24) is 10.3 Å². The van der Waals surface area contributed by atoms with Gasteiger partial charge in [0.15, 0.2) is 0 Å². The van der Waals surface area contributed by atoms with Crippen molar-refractivity contribution in [2.24, 2.45) is 0 Å². The fourth-order valence-corrected chi connectivity index (χ4v) is 2.80. The summed E-state index contributed by atoms with van der Waals surface area (Å²) in [6.45, 7) is -1.30. The number of amides is 1. The minimum atomic E-state index is -3.00. The Balaban J connectivity index is 2.42. The van der Waals surface area contributed by atoms with Crippen LogP contribution in [0.5, 0.6) is 5.75 Å². The summed E-state index contributed by atoms with van der Waals surface area (Å²) in [5.41, 5.74) is 1.10. The zero-order chi connectivity index (χ0) is 16.3. The average Bonchev–Trinajstić information content (AvgIpc) is 2.88. The second-order valence-electron chi connectivity index (χ2n) is 4.21. The number of halogens is 2. The molecule has 8 heteroatoms. The molecular weight excluding hydrogens is 312 g/mol. The third-order valence-electron chi connectivity index (χ3n) is 2.79. The van der Waals surface area contributed by atoms with Gasteiger partial charge in [0.1, 0.15) is 21.7 Å². The molecular formula is C14H11F2N3O2S. The molecule has 0 spiro atoms. The van der Waals surface area contributed by atoms with E-state index in [0.717, 1.165) is 11.3 Å². The number of nitrogens with one attached hydrogen (secondary N) is 1. The Morgan fingerprint density at radius 3 is 2.82 bits per heavy atom. The van der Waals surface area contributed by atoms with Gasteiger partial charge in [0, 0.05) is 12.6 Å². The molecule has 22 heavy (non-hydrogen) atoms. The smallest absolute Gasteiger partial charge is 0.387 e. The van der Waals surface area contributed by atoms with Gasteiger partial charge in [-0.1, -0.05) is 0 Å². The summed E-state index contributed by atoms with van der Waals surface area (Å²) < 4.78 is 28.8. The Kier molecular flexibility index (Phi) is 4.68. The highest BCUT2D eigenvalue weighted by Gasteiger charge is 2.17. The van der Waals surface area contributed by atoms with Crippen LogP contribution < -0.4 is 10.1 Å². The summed E-state index contributed by atoms with van der Waals surface area (Å²) in [6.07, 6.45) is 0. The van der Waals surface area contributed by atoms with E-state index in [1.54, 1.807) is 13.0 Å². The first-order chi connectivity index (χ1) is 10.5. The quantitative estimate of drug-likeness (QED) is 0.938. The first kappa shape index (κ1) is 15.9. The maximum absolute atomic E-state index is 12.3. The number of hydrogen-bond acceptors (Lipinski definition) is 5. The van der Waals surface area contributed by atoms with Crippen LogP contribution in [-0.4, -0.2) is 24.6 Å². The molecule has 1 aromatic heterocycles. The molecule has 0 radical (unpaired) electrons. The van der Waals surface area contributed by atoms with Crippen LogP contribution in [0.3, 0.4) is 0 Å². The average molecular weight is 323 g/mol. The molecule has 5 nitrogen and oxygen atoms in total. The highest BCUT2D eigenvalue weighted by molar-refractivity contribution is 7.17. The predicted molar refractivity (Wildman–Crippen MR) is 77.0 cm³/mol. The van der Waals surface area contributed by atoms with E-state index in [2.05, 4.69) is 15.0 Å². The summed E-state index contributed by atoms with van der Waals surface area (Å²) in [6, 6.07) is 6.02. The topological polar surface area (TPSA) is 75.0 Å². The van der Waals surface area contributed by atoms with E-state index in [-0.39, 0.29) is 17.2 Å². The molecule has 114 valence electrons. The number of carbonyl (C=O) groups excluding carboxylic acids is 1. The van der Waals surface area contributed by atoms with Gasteiger partial charge in [-0.3, -0.25) is 4.79 Å². The number of alkyl halides is 2. The first-order valence-corrected chi connectivity index (χ1v) is 6.96. The van der Waals surface area contributed by atoms with Crippen LogP contribution in [-0.2, 0) is 0 Å². The fraction of sp³-hybridized carbons (Fsp3) is 0.214. The van der Waals surface area contributed by atoms with E-state index in [9.17, 15) is 13.6 Å². The molecule has 0 aliphatic carbocycles. The van der Waals surface area contributed by atoms with Crippen molar-refractivity contribution in [3.8, 4) is 22.4 Å². The molecule has 1 N–H and O–H groups in total. The van der Waals surface area contributed by atoms with Gasteiger partial charge in [0.2, 0.25) is 0 Å². The van der Waals surface area contributed by atoms with Gasteiger partial charge in [-0.2, -0.15) is 14.0 Å². The number of aryl methyl sites for hydroxylation is 1. The lowest BCUT2D eigenvalue weighted by Gasteiger charge is -2.07. The molecule has 0 saturated heterocycles. The van der Waals surface area contributed by atoms with Gasteiger partial charge in [-0.05, 0) is 25.1 Å². The maximum atomic E-state index is 12.3. The predicted octanol–water partition coefficient (Wildman–Crippen LogP) is 2.95. The van der Waals surface area contributed by atoms with E-state index >= 15 is 0 Å². The number of benzene rings is 1. The maximum Gasteiger partial charge on any atom is 0.387 e. The van der Waals surface area contributed by atoms with E-state index in [1.807, 2.05) is 0 Å². The van der Waals surface area contributed by atoms with Crippen LogP contribution in [0.4, 0.5) is 8.78 Å². The standard InChI is InChI=1S/C14H11F2N3O2S/c1-7-11(12(20)18-2)22-13(19-7)8-3-4-10(21-14(15)16)9(5-8)6-17/h3-5,14H,1-2H3,(H,18,20). The third kappa shape index (κ3) is 3.20. The number of rotatable bonds is 4. The zero-order valence-corrected chi connectivity index (χ0v) is 12.5. The Morgan fingerprint density at radius 2 is 2.23 bits per heavy atom. The second kappa shape index (κ2) is 6.49. The van der Waals surface area contributed by atoms with Crippen LogP contribution in [0, 0.1) is 18.3 Å². The molecule has 1 aromatic carbocycles. The van der Waals surface area contributed by atoms with Gasteiger partial charge in [0.05, 0.1) is 11.3 Å². The van der Waals surface area contributed by atoms with Crippen LogP contribution >= 0.6 is 11.3 Å². The molecule has 0 bridgehead atoms. The summed E-state index contributed by atoms with van der Waals surface area (Å²) in [5, 5.41) is 12.1. The van der Waals surface area contributed by atoms with Gasteiger partial charge >= 0.3 is 6.61 Å². The second-order valence-corrected chi connectivity index (χ2v) is 5.21. The van der Waals surface area contributed by atoms with Crippen molar-refractivity contribution in [3.05, 3.63) is 34.3 Å². The summed E-state index contributed by atoms with van der Waals surface area (Å²) >= 11 is 1.16. The van der Waals surface area contributed by atoms with Gasteiger partial charge < -0.3 is 10.1 Å². The molecule has 2 rings (SSSR count). The fourth-order valence-electron chi connectivity index (χ4n) is 1.79. The van der Waals surface area contributed by atoms with E-state index in [4.69, 9.17) is 5.26 Å². The summed E-state index contributed by atoms with van der Waals surface area (Å²) in [4.78, 5) is 16.4. The lowest BCUT2D eigenvalue weighted by Crippen LogP contribution is -2.17. The molecule has 0 fully saturated rings. The highest BCUT2D eigenvalue weighted by Crippen LogP contribution is 2.31. The lowest BCUT2D eigenvalue weighted by molar-refractivity contribution is -0.0500. The van der Waals surface area contributed by atoms with Gasteiger partial charge in [0.25, 0.3) is 5.91 Å². The minimum absolute atomic E-state index is 0.0212. The van der Waals surface area contributed by atoms with Crippen molar-refractivity contribution >= 4 is 17.2 Å². The van der Waals surface area contributed by atoms with E-state index in [1.165, 1.54) is 25.2 Å². The monoisotopic (exact) mass is 323 g/mol. The number of hydrogen-bond donors (Lipinski definition) is 1. The minimum Gasteiger partial charge on any atom is -0.433 e. The zero-order valence-electron chi connectivity index (χ0n) is 11.7. The Hall–Kier alpha value is -2.53. The van der Waals surface area contributed by atoms with Gasteiger partial charge in [-0.15, -0.1) is 11.3 Å².